The lowest BCUT2D eigenvalue weighted by atomic mass is 10.2. The average molecular weight is 239 g/mol. The molecule has 5 heteroatoms. The molecule has 0 saturated heterocycles. The van der Waals surface area contributed by atoms with E-state index in [0.717, 1.165) is 0 Å². The van der Waals surface area contributed by atoms with Crippen LogP contribution in [0.1, 0.15) is 15.9 Å². The van der Waals surface area contributed by atoms with Gasteiger partial charge in [-0.05, 0) is 36.4 Å². The number of nitrogens with zero attached hydrogens (tertiary/aromatic N) is 2. The molecule has 0 bridgehead atoms. The van der Waals surface area contributed by atoms with Gasteiger partial charge >= 0.3 is 0 Å². The van der Waals surface area contributed by atoms with Gasteiger partial charge in [-0.3, -0.25) is 4.79 Å². The monoisotopic (exact) mass is 239 g/mol. The number of phenolic OH excluding ortho intramolecular Hbond substituents is 1. The molecule has 1 heterocycles. The van der Waals surface area contributed by atoms with Crippen LogP contribution >= 0.6 is 0 Å². The van der Waals surface area contributed by atoms with Gasteiger partial charge in [0.25, 0.3) is 5.91 Å². The second kappa shape index (κ2) is 4.97. The largest absolute Gasteiger partial charge is 0.508 e. The third kappa shape index (κ3) is 2.44. The lowest BCUT2D eigenvalue weighted by Crippen LogP contribution is -2.13. The summed E-state index contributed by atoms with van der Waals surface area (Å²) in [5, 5.41) is 20.5. The van der Waals surface area contributed by atoms with Gasteiger partial charge in [-0.1, -0.05) is 0 Å². The van der Waals surface area contributed by atoms with Gasteiger partial charge < -0.3 is 10.4 Å². The second-order valence-corrected chi connectivity index (χ2v) is 3.51. The minimum atomic E-state index is -0.384. The van der Waals surface area contributed by atoms with Crippen LogP contribution in [-0.4, -0.2) is 16.0 Å². The Bertz CT molecular complexity index is 615. The summed E-state index contributed by atoms with van der Waals surface area (Å²) in [5.41, 5.74) is 0.673. The minimum Gasteiger partial charge on any atom is -0.508 e. The number of anilines is 1. The summed E-state index contributed by atoms with van der Waals surface area (Å²) < 4.78 is 0. The Balaban J connectivity index is 2.22. The number of aromatic nitrogens is 1. The fourth-order valence-electron chi connectivity index (χ4n) is 1.39. The smallest absolute Gasteiger partial charge is 0.256 e. The number of hydrogen-bond donors (Lipinski definition) is 2. The van der Waals surface area contributed by atoms with Gasteiger partial charge in [0.05, 0.1) is 5.56 Å². The topological polar surface area (TPSA) is 86.0 Å². The normalized spacial score (nSPS) is 9.50. The van der Waals surface area contributed by atoms with Crippen molar-refractivity contribution in [1.82, 2.24) is 4.98 Å². The summed E-state index contributed by atoms with van der Waals surface area (Å²) in [6.07, 6.45) is 1.49. The molecule has 0 atom stereocenters. The molecule has 0 aliphatic carbocycles. The molecule has 88 valence electrons. The quantitative estimate of drug-likeness (QED) is 0.838. The van der Waals surface area contributed by atoms with Crippen molar-refractivity contribution < 1.29 is 9.90 Å². The standard InChI is InChI=1S/C13H9N3O2/c14-8-10-2-1-7-15-12(10)16-13(18)9-3-5-11(17)6-4-9/h1-7,17H,(H,15,16,18). The highest BCUT2D eigenvalue weighted by Crippen LogP contribution is 2.13. The zero-order chi connectivity index (χ0) is 13.0. The maximum atomic E-state index is 11.9. The minimum absolute atomic E-state index is 0.0853. The Morgan fingerprint density at radius 1 is 1.28 bits per heavy atom. The Labute approximate surface area is 103 Å². The predicted octanol–water partition coefficient (Wildman–Crippen LogP) is 1.91. The van der Waals surface area contributed by atoms with E-state index in [1.165, 1.54) is 30.5 Å². The van der Waals surface area contributed by atoms with E-state index in [9.17, 15) is 4.79 Å². The van der Waals surface area contributed by atoms with E-state index in [0.29, 0.717) is 11.1 Å². The third-order valence-electron chi connectivity index (χ3n) is 2.29. The van der Waals surface area contributed by atoms with E-state index >= 15 is 0 Å². The van der Waals surface area contributed by atoms with Crippen LogP contribution in [0.4, 0.5) is 5.82 Å². The number of nitrogens with one attached hydrogen (secondary N) is 1. The van der Waals surface area contributed by atoms with E-state index in [2.05, 4.69) is 10.3 Å². The van der Waals surface area contributed by atoms with Crippen molar-refractivity contribution >= 4 is 11.7 Å². The molecule has 1 aromatic heterocycles. The molecule has 0 fully saturated rings. The molecule has 2 aromatic rings. The van der Waals surface area contributed by atoms with Gasteiger partial charge in [0.15, 0.2) is 5.82 Å². The fourth-order valence-corrected chi connectivity index (χ4v) is 1.39. The maximum Gasteiger partial charge on any atom is 0.256 e. The first-order chi connectivity index (χ1) is 8.70. The van der Waals surface area contributed by atoms with Crippen molar-refractivity contribution in [1.29, 1.82) is 5.26 Å². The molecule has 18 heavy (non-hydrogen) atoms. The lowest BCUT2D eigenvalue weighted by Gasteiger charge is -2.05. The second-order valence-electron chi connectivity index (χ2n) is 3.51. The number of hydrogen-bond acceptors (Lipinski definition) is 4. The number of carbonyl (C=O) groups is 1. The fraction of sp³-hybridized carbons (Fsp3) is 0. The Morgan fingerprint density at radius 2 is 2.00 bits per heavy atom. The van der Waals surface area contributed by atoms with Gasteiger partial charge in [-0.15, -0.1) is 0 Å². The first kappa shape index (κ1) is 11.6. The number of pyridine rings is 1. The molecule has 0 unspecified atom stereocenters. The predicted molar refractivity (Wildman–Crippen MR) is 65.0 cm³/mol. The van der Waals surface area contributed by atoms with Crippen LogP contribution in [0, 0.1) is 11.3 Å². The van der Waals surface area contributed by atoms with Crippen molar-refractivity contribution in [3.05, 3.63) is 53.7 Å². The van der Waals surface area contributed by atoms with Crippen LogP contribution in [0.25, 0.3) is 0 Å². The van der Waals surface area contributed by atoms with Crippen LogP contribution in [0.15, 0.2) is 42.6 Å². The van der Waals surface area contributed by atoms with E-state index in [-0.39, 0.29) is 17.5 Å². The molecule has 0 spiro atoms. The molecule has 0 aliphatic rings. The van der Waals surface area contributed by atoms with Crippen molar-refractivity contribution in [2.24, 2.45) is 0 Å². The highest BCUT2D eigenvalue weighted by Gasteiger charge is 2.09. The molecule has 2 N–H and O–H groups in total. The first-order valence-corrected chi connectivity index (χ1v) is 5.16. The number of phenols is 1. The van der Waals surface area contributed by atoms with Gasteiger partial charge in [0, 0.05) is 11.8 Å². The average Bonchev–Trinajstić information content (AvgIpc) is 2.40. The summed E-state index contributed by atoms with van der Waals surface area (Å²) in [5.74, 6) is -0.0784. The first-order valence-electron chi connectivity index (χ1n) is 5.16. The molecule has 5 nitrogen and oxygen atoms in total. The number of rotatable bonds is 2. The van der Waals surface area contributed by atoms with Crippen LogP contribution in [-0.2, 0) is 0 Å². The van der Waals surface area contributed by atoms with Crippen molar-refractivity contribution in [3.8, 4) is 11.8 Å². The SMILES string of the molecule is N#Cc1cccnc1NC(=O)c1ccc(O)cc1. The molecule has 2 rings (SSSR count). The van der Waals surface area contributed by atoms with E-state index < -0.39 is 0 Å². The van der Waals surface area contributed by atoms with E-state index in [1.807, 2.05) is 6.07 Å². The Morgan fingerprint density at radius 3 is 2.67 bits per heavy atom. The van der Waals surface area contributed by atoms with E-state index in [4.69, 9.17) is 10.4 Å². The number of carbonyl (C=O) groups excluding carboxylic acids is 1. The number of amides is 1. The summed E-state index contributed by atoms with van der Waals surface area (Å²) in [6.45, 7) is 0. The molecule has 0 radical (unpaired) electrons. The van der Waals surface area contributed by atoms with Crippen LogP contribution in [0.5, 0.6) is 5.75 Å². The number of benzene rings is 1. The van der Waals surface area contributed by atoms with Crippen molar-refractivity contribution in [2.75, 3.05) is 5.32 Å². The summed E-state index contributed by atoms with van der Waals surface area (Å²) in [6, 6.07) is 10.9. The molecule has 1 aromatic carbocycles. The molecular formula is C13H9N3O2. The molecule has 0 aliphatic heterocycles. The number of aromatic hydroxyl groups is 1. The number of nitriles is 1. The summed E-state index contributed by atoms with van der Waals surface area (Å²) in [7, 11) is 0. The van der Waals surface area contributed by atoms with Crippen LogP contribution < -0.4 is 5.32 Å². The summed E-state index contributed by atoms with van der Waals surface area (Å²) in [4.78, 5) is 15.8. The summed E-state index contributed by atoms with van der Waals surface area (Å²) >= 11 is 0. The Hall–Kier alpha value is -2.87. The molecular weight excluding hydrogens is 230 g/mol. The van der Waals surface area contributed by atoms with Gasteiger partial charge in [0.1, 0.15) is 11.8 Å². The zero-order valence-corrected chi connectivity index (χ0v) is 9.29. The molecule has 0 saturated carbocycles. The Kier molecular flexibility index (Phi) is 3.21. The third-order valence-corrected chi connectivity index (χ3v) is 2.29. The van der Waals surface area contributed by atoms with Gasteiger partial charge in [-0.2, -0.15) is 5.26 Å². The van der Waals surface area contributed by atoms with Crippen molar-refractivity contribution in [3.63, 3.8) is 0 Å². The zero-order valence-electron chi connectivity index (χ0n) is 9.29. The van der Waals surface area contributed by atoms with Gasteiger partial charge in [0.2, 0.25) is 0 Å². The maximum absolute atomic E-state index is 11.9. The van der Waals surface area contributed by atoms with Crippen LogP contribution in [0.3, 0.4) is 0 Å². The highest BCUT2D eigenvalue weighted by molar-refractivity contribution is 6.04. The van der Waals surface area contributed by atoms with Crippen LogP contribution in [0.2, 0.25) is 0 Å². The van der Waals surface area contributed by atoms with Gasteiger partial charge in [-0.25, -0.2) is 4.98 Å². The highest BCUT2D eigenvalue weighted by atomic mass is 16.3. The van der Waals surface area contributed by atoms with E-state index in [1.54, 1.807) is 12.1 Å². The van der Waals surface area contributed by atoms with Crippen molar-refractivity contribution in [2.45, 2.75) is 0 Å². The molecule has 1 amide bonds. The lowest BCUT2D eigenvalue weighted by molar-refractivity contribution is 0.102.